The summed E-state index contributed by atoms with van der Waals surface area (Å²) >= 11 is 0. The fraction of sp³-hybridized carbons (Fsp3) is 0.333. The Morgan fingerprint density at radius 1 is 1.03 bits per heavy atom. The number of ether oxygens (including phenoxy) is 2. The number of carbonyl (C=O) groups excluding carboxylic acids is 1. The van der Waals surface area contributed by atoms with Crippen LogP contribution in [0.25, 0.3) is 0 Å². The van der Waals surface area contributed by atoms with Crippen molar-refractivity contribution in [3.63, 3.8) is 0 Å². The van der Waals surface area contributed by atoms with E-state index >= 15 is 0 Å². The van der Waals surface area contributed by atoms with Crippen LogP contribution in [0.1, 0.15) is 19.4 Å². The Morgan fingerprint density at radius 2 is 1.79 bits per heavy atom. The second-order valence-corrected chi connectivity index (χ2v) is 5.88. The first kappa shape index (κ1) is 24.5. The van der Waals surface area contributed by atoms with Gasteiger partial charge in [0.15, 0.2) is 17.5 Å². The molecule has 0 heterocycles. The van der Waals surface area contributed by atoms with Crippen LogP contribution in [-0.4, -0.2) is 38.7 Å². The van der Waals surface area contributed by atoms with Crippen LogP contribution in [0.2, 0.25) is 0 Å². The van der Waals surface area contributed by atoms with Gasteiger partial charge < -0.3 is 25.4 Å². The summed E-state index contributed by atoms with van der Waals surface area (Å²) in [5.41, 5.74) is 1.83. The molecular weight excluding hydrogens is 483 g/mol. The molecule has 0 aromatic heterocycles. The lowest BCUT2D eigenvalue weighted by atomic mass is 10.2. The fourth-order valence-corrected chi connectivity index (χ4v) is 2.47. The Labute approximate surface area is 189 Å². The van der Waals surface area contributed by atoms with Crippen molar-refractivity contribution >= 4 is 41.5 Å². The second kappa shape index (κ2) is 13.6. The van der Waals surface area contributed by atoms with Gasteiger partial charge in [-0.15, -0.1) is 24.0 Å². The first-order valence-electron chi connectivity index (χ1n) is 9.33. The van der Waals surface area contributed by atoms with Crippen molar-refractivity contribution < 1.29 is 14.3 Å². The predicted molar refractivity (Wildman–Crippen MR) is 127 cm³/mol. The number of halogens is 1. The lowest BCUT2D eigenvalue weighted by molar-refractivity contribution is -0.119. The van der Waals surface area contributed by atoms with Crippen molar-refractivity contribution in [1.29, 1.82) is 0 Å². The van der Waals surface area contributed by atoms with Gasteiger partial charge in [-0.3, -0.25) is 4.79 Å². The van der Waals surface area contributed by atoms with E-state index in [1.54, 1.807) is 7.11 Å². The highest BCUT2D eigenvalue weighted by Gasteiger charge is 2.08. The average molecular weight is 512 g/mol. The quantitative estimate of drug-likeness (QED) is 0.273. The van der Waals surface area contributed by atoms with Gasteiger partial charge in [0, 0.05) is 24.8 Å². The maximum absolute atomic E-state index is 12.1. The Balaban J connectivity index is 0.00000420. The predicted octanol–water partition coefficient (Wildman–Crippen LogP) is 3.41. The van der Waals surface area contributed by atoms with Gasteiger partial charge in [0.25, 0.3) is 0 Å². The number of benzene rings is 2. The van der Waals surface area contributed by atoms with E-state index in [1.807, 2.05) is 62.4 Å². The molecule has 3 N–H and O–H groups in total. The molecule has 2 rings (SSSR count). The fourth-order valence-electron chi connectivity index (χ4n) is 2.47. The molecule has 0 saturated carbocycles. The molecule has 158 valence electrons. The summed E-state index contributed by atoms with van der Waals surface area (Å²) < 4.78 is 10.9. The van der Waals surface area contributed by atoms with Crippen LogP contribution in [0.15, 0.2) is 53.5 Å². The summed E-state index contributed by atoms with van der Waals surface area (Å²) in [5.74, 6) is 1.68. The van der Waals surface area contributed by atoms with E-state index in [9.17, 15) is 4.79 Å². The summed E-state index contributed by atoms with van der Waals surface area (Å²) in [6.45, 7) is 5.60. The zero-order valence-electron chi connectivity index (χ0n) is 17.0. The Morgan fingerprint density at radius 3 is 2.45 bits per heavy atom. The van der Waals surface area contributed by atoms with Crippen molar-refractivity contribution in [3.8, 4) is 11.5 Å². The molecule has 2 aromatic carbocycles. The lowest BCUT2D eigenvalue weighted by Crippen LogP contribution is -2.33. The number of aliphatic imine (C=N–C) groups is 1. The molecule has 7 nitrogen and oxygen atoms in total. The first-order valence-corrected chi connectivity index (χ1v) is 9.33. The van der Waals surface area contributed by atoms with Gasteiger partial charge in [0.2, 0.25) is 5.91 Å². The highest BCUT2D eigenvalue weighted by molar-refractivity contribution is 14.0. The van der Waals surface area contributed by atoms with Crippen molar-refractivity contribution in [2.24, 2.45) is 4.99 Å². The van der Waals surface area contributed by atoms with Gasteiger partial charge in [0.1, 0.15) is 6.54 Å². The van der Waals surface area contributed by atoms with Crippen LogP contribution >= 0.6 is 24.0 Å². The molecule has 2 aromatic rings. The molecule has 0 radical (unpaired) electrons. The molecule has 0 atom stereocenters. The van der Waals surface area contributed by atoms with E-state index in [0.717, 1.165) is 11.3 Å². The van der Waals surface area contributed by atoms with E-state index in [-0.39, 0.29) is 36.4 Å². The van der Waals surface area contributed by atoms with Crippen molar-refractivity contribution in [3.05, 3.63) is 54.1 Å². The molecule has 29 heavy (non-hydrogen) atoms. The van der Waals surface area contributed by atoms with Crippen LogP contribution < -0.4 is 25.4 Å². The normalized spacial score (nSPS) is 10.5. The number of nitrogens with zero attached hydrogens (tertiary/aromatic N) is 1. The Hall–Kier alpha value is -2.49. The van der Waals surface area contributed by atoms with E-state index in [1.165, 1.54) is 0 Å². The lowest BCUT2D eigenvalue weighted by Gasteiger charge is -2.14. The molecular formula is C21H29IN4O3. The molecule has 8 heteroatoms. The monoisotopic (exact) mass is 512 g/mol. The third-order valence-electron chi connectivity index (χ3n) is 3.78. The van der Waals surface area contributed by atoms with Crippen LogP contribution in [0.5, 0.6) is 11.5 Å². The zero-order valence-corrected chi connectivity index (χ0v) is 19.4. The van der Waals surface area contributed by atoms with Gasteiger partial charge >= 0.3 is 0 Å². The van der Waals surface area contributed by atoms with E-state index in [0.29, 0.717) is 37.2 Å². The molecule has 0 fully saturated rings. The van der Waals surface area contributed by atoms with E-state index in [4.69, 9.17) is 9.47 Å². The minimum Gasteiger partial charge on any atom is -0.493 e. The summed E-state index contributed by atoms with van der Waals surface area (Å²) in [4.78, 5) is 16.4. The highest BCUT2D eigenvalue weighted by Crippen LogP contribution is 2.30. The summed E-state index contributed by atoms with van der Waals surface area (Å²) in [6.07, 6.45) is 0. The molecule has 0 spiro atoms. The molecule has 0 aliphatic carbocycles. The van der Waals surface area contributed by atoms with Gasteiger partial charge in [-0.05, 0) is 31.5 Å². The third-order valence-corrected chi connectivity index (χ3v) is 3.78. The average Bonchev–Trinajstić information content (AvgIpc) is 2.72. The van der Waals surface area contributed by atoms with Gasteiger partial charge in [-0.1, -0.05) is 30.3 Å². The number of guanidine groups is 1. The first-order chi connectivity index (χ1) is 13.7. The smallest absolute Gasteiger partial charge is 0.242 e. The third kappa shape index (κ3) is 8.59. The highest BCUT2D eigenvalue weighted by atomic mass is 127. The molecule has 0 saturated heterocycles. The standard InChI is InChI=1S/C21H28N4O3.HI/c1-4-22-21(24-15-20(26)23-14-16-9-7-6-8-10-16)25-17-11-12-18(27-3)19(13-17)28-5-2;/h6-13H,4-5,14-15H2,1-3H3,(H,23,26)(H2,22,24,25);1H. The molecule has 0 aliphatic rings. The van der Waals surface area contributed by atoms with Crippen LogP contribution in [0, 0.1) is 0 Å². The van der Waals surface area contributed by atoms with Gasteiger partial charge in [-0.25, -0.2) is 4.99 Å². The maximum atomic E-state index is 12.1. The van der Waals surface area contributed by atoms with Crippen molar-refractivity contribution in [1.82, 2.24) is 10.6 Å². The SMILES string of the molecule is CCNC(=NCC(=O)NCc1ccccc1)Nc1ccc(OC)c(OCC)c1.I. The van der Waals surface area contributed by atoms with Gasteiger partial charge in [0.05, 0.1) is 13.7 Å². The number of amides is 1. The number of anilines is 1. The van der Waals surface area contributed by atoms with E-state index < -0.39 is 0 Å². The molecule has 0 bridgehead atoms. The topological polar surface area (TPSA) is 84.0 Å². The second-order valence-electron chi connectivity index (χ2n) is 5.88. The van der Waals surface area contributed by atoms with Crippen LogP contribution in [0.4, 0.5) is 5.69 Å². The largest absolute Gasteiger partial charge is 0.493 e. The molecule has 0 aliphatic heterocycles. The van der Waals surface area contributed by atoms with Gasteiger partial charge in [-0.2, -0.15) is 0 Å². The minimum atomic E-state index is -0.147. The number of carbonyl (C=O) groups is 1. The summed E-state index contributed by atoms with van der Waals surface area (Å²) in [5, 5.41) is 9.17. The maximum Gasteiger partial charge on any atom is 0.242 e. The summed E-state index contributed by atoms with van der Waals surface area (Å²) in [7, 11) is 1.60. The summed E-state index contributed by atoms with van der Waals surface area (Å²) in [6, 6.07) is 15.3. The molecule has 0 unspecified atom stereocenters. The van der Waals surface area contributed by atoms with Crippen LogP contribution in [0.3, 0.4) is 0 Å². The Bertz CT molecular complexity index is 785. The number of hydrogen-bond donors (Lipinski definition) is 3. The number of hydrogen-bond acceptors (Lipinski definition) is 4. The van der Waals surface area contributed by atoms with Crippen molar-refractivity contribution in [2.75, 3.05) is 32.1 Å². The van der Waals surface area contributed by atoms with Crippen LogP contribution in [-0.2, 0) is 11.3 Å². The Kier molecular flexibility index (Phi) is 11.6. The van der Waals surface area contributed by atoms with E-state index in [2.05, 4.69) is 20.9 Å². The molecule has 1 amide bonds. The number of methoxy groups -OCH3 is 1. The number of rotatable bonds is 9. The zero-order chi connectivity index (χ0) is 20.2. The minimum absolute atomic E-state index is 0. The van der Waals surface area contributed by atoms with Crippen molar-refractivity contribution in [2.45, 2.75) is 20.4 Å². The number of nitrogens with one attached hydrogen (secondary N) is 3.